The van der Waals surface area contributed by atoms with Crippen molar-refractivity contribution < 1.29 is 32.6 Å². The van der Waals surface area contributed by atoms with Crippen LogP contribution in [0.1, 0.15) is 10.4 Å². The van der Waals surface area contributed by atoms with Gasteiger partial charge in [-0.05, 0) is 24.3 Å². The molecule has 0 aliphatic heterocycles. The summed E-state index contributed by atoms with van der Waals surface area (Å²) in [6.45, 7) is -0.670. The van der Waals surface area contributed by atoms with Crippen molar-refractivity contribution in [2.24, 2.45) is 0 Å². The van der Waals surface area contributed by atoms with E-state index in [9.17, 15) is 18.4 Å². The van der Waals surface area contributed by atoms with Crippen molar-refractivity contribution in [3.63, 3.8) is 0 Å². The Kier molecular flexibility index (Phi) is 5.89. The van der Waals surface area contributed by atoms with Crippen molar-refractivity contribution in [2.45, 2.75) is 0 Å². The van der Waals surface area contributed by atoms with Crippen LogP contribution in [0.15, 0.2) is 36.4 Å². The molecule has 0 atom stereocenters. The first-order valence-corrected chi connectivity index (χ1v) is 7.09. The molecule has 132 valence electrons. The summed E-state index contributed by atoms with van der Waals surface area (Å²) < 4.78 is 41.3. The molecule has 0 radical (unpaired) electrons. The van der Waals surface area contributed by atoms with Gasteiger partial charge < -0.3 is 19.5 Å². The Morgan fingerprint density at radius 3 is 2.24 bits per heavy atom. The molecule has 8 heteroatoms. The molecule has 0 aliphatic carbocycles. The van der Waals surface area contributed by atoms with E-state index in [1.165, 1.54) is 26.4 Å². The number of esters is 1. The number of ether oxygens (including phenoxy) is 3. The molecule has 2 aromatic carbocycles. The smallest absolute Gasteiger partial charge is 0.346 e. The van der Waals surface area contributed by atoms with Gasteiger partial charge in [-0.1, -0.05) is 6.07 Å². The van der Waals surface area contributed by atoms with Gasteiger partial charge in [0.15, 0.2) is 6.61 Å². The number of halogens is 2. The molecule has 0 fully saturated rings. The normalized spacial score (nSPS) is 10.1. The number of rotatable bonds is 6. The van der Waals surface area contributed by atoms with Gasteiger partial charge in [0.1, 0.15) is 28.7 Å². The first kappa shape index (κ1) is 18.2. The van der Waals surface area contributed by atoms with E-state index in [-0.39, 0.29) is 22.7 Å². The second-order valence-electron chi connectivity index (χ2n) is 4.79. The number of amides is 1. The maximum absolute atomic E-state index is 13.5. The summed E-state index contributed by atoms with van der Waals surface area (Å²) in [4.78, 5) is 24.0. The molecule has 6 nitrogen and oxygen atoms in total. The third-order valence-electron chi connectivity index (χ3n) is 3.17. The second kappa shape index (κ2) is 8.09. The molecule has 0 saturated carbocycles. The molecular formula is C17H15F2NO5. The average molecular weight is 351 g/mol. The third kappa shape index (κ3) is 4.43. The Morgan fingerprint density at radius 2 is 1.68 bits per heavy atom. The number of methoxy groups -OCH3 is 2. The molecule has 25 heavy (non-hydrogen) atoms. The predicted molar refractivity (Wildman–Crippen MR) is 84.8 cm³/mol. The molecule has 2 aromatic rings. The van der Waals surface area contributed by atoms with Crippen LogP contribution in [0.5, 0.6) is 11.5 Å². The minimum Gasteiger partial charge on any atom is -0.496 e. The van der Waals surface area contributed by atoms with Gasteiger partial charge in [-0.3, -0.25) is 4.79 Å². The van der Waals surface area contributed by atoms with E-state index in [0.717, 1.165) is 12.1 Å². The molecule has 0 spiro atoms. The largest absolute Gasteiger partial charge is 0.496 e. The summed E-state index contributed by atoms with van der Waals surface area (Å²) >= 11 is 0. The molecular weight excluding hydrogens is 336 g/mol. The highest BCUT2D eigenvalue weighted by Crippen LogP contribution is 2.28. The SMILES string of the molecule is COc1cccc(OC)c1C(=O)OCC(=O)Nc1ccc(F)cc1F. The topological polar surface area (TPSA) is 73.9 Å². The van der Waals surface area contributed by atoms with Crippen LogP contribution in [0.4, 0.5) is 14.5 Å². The maximum Gasteiger partial charge on any atom is 0.346 e. The number of anilines is 1. The molecule has 0 aromatic heterocycles. The fourth-order valence-corrected chi connectivity index (χ4v) is 2.03. The quantitative estimate of drug-likeness (QED) is 0.810. The van der Waals surface area contributed by atoms with Crippen LogP contribution >= 0.6 is 0 Å². The van der Waals surface area contributed by atoms with Gasteiger partial charge in [-0.15, -0.1) is 0 Å². The average Bonchev–Trinajstić information content (AvgIpc) is 2.61. The van der Waals surface area contributed by atoms with Gasteiger partial charge in [-0.2, -0.15) is 0 Å². The first-order valence-electron chi connectivity index (χ1n) is 7.09. The number of hydrogen-bond donors (Lipinski definition) is 1. The van der Waals surface area contributed by atoms with Crippen LogP contribution in [0, 0.1) is 11.6 Å². The molecule has 1 N–H and O–H groups in total. The van der Waals surface area contributed by atoms with Gasteiger partial charge in [0.05, 0.1) is 19.9 Å². The van der Waals surface area contributed by atoms with Crippen molar-refractivity contribution in [3.05, 3.63) is 53.6 Å². The van der Waals surface area contributed by atoms with E-state index in [1.807, 2.05) is 0 Å². The van der Waals surface area contributed by atoms with Gasteiger partial charge in [0, 0.05) is 6.07 Å². The zero-order chi connectivity index (χ0) is 18.4. The summed E-state index contributed by atoms with van der Waals surface area (Å²) in [7, 11) is 2.74. The summed E-state index contributed by atoms with van der Waals surface area (Å²) in [5.41, 5.74) is -0.203. The lowest BCUT2D eigenvalue weighted by Gasteiger charge is -2.12. The standard InChI is InChI=1S/C17H15F2NO5/c1-23-13-4-3-5-14(24-2)16(13)17(22)25-9-15(21)20-12-7-6-10(18)8-11(12)19/h3-8H,9H2,1-2H3,(H,20,21). The summed E-state index contributed by atoms with van der Waals surface area (Å²) in [6.07, 6.45) is 0. The minimum absolute atomic E-state index is 0.0215. The third-order valence-corrected chi connectivity index (χ3v) is 3.17. The zero-order valence-corrected chi connectivity index (χ0v) is 13.5. The van der Waals surface area contributed by atoms with E-state index in [4.69, 9.17) is 14.2 Å². The lowest BCUT2D eigenvalue weighted by atomic mass is 10.2. The van der Waals surface area contributed by atoms with Crippen molar-refractivity contribution in [1.82, 2.24) is 0 Å². The summed E-state index contributed by atoms with van der Waals surface area (Å²) in [6, 6.07) is 7.37. The maximum atomic E-state index is 13.5. The number of hydrogen-bond acceptors (Lipinski definition) is 5. The molecule has 2 rings (SSSR count). The Hall–Kier alpha value is -3.16. The Balaban J connectivity index is 2.04. The fourth-order valence-electron chi connectivity index (χ4n) is 2.03. The van der Waals surface area contributed by atoms with E-state index in [1.54, 1.807) is 6.07 Å². The van der Waals surface area contributed by atoms with Gasteiger partial charge >= 0.3 is 5.97 Å². The van der Waals surface area contributed by atoms with Crippen LogP contribution in [0.3, 0.4) is 0 Å². The molecule has 0 aliphatic rings. The lowest BCUT2D eigenvalue weighted by molar-refractivity contribution is -0.119. The van der Waals surface area contributed by atoms with E-state index in [2.05, 4.69) is 5.32 Å². The second-order valence-corrected chi connectivity index (χ2v) is 4.79. The molecule has 1 amide bonds. The minimum atomic E-state index is -0.939. The van der Waals surface area contributed by atoms with Crippen LogP contribution in [0.2, 0.25) is 0 Å². The Bertz CT molecular complexity index is 772. The van der Waals surface area contributed by atoms with Gasteiger partial charge in [0.2, 0.25) is 0 Å². The van der Waals surface area contributed by atoms with Crippen LogP contribution in [0.25, 0.3) is 0 Å². The summed E-state index contributed by atoms with van der Waals surface area (Å²) in [5.74, 6) is -2.91. The highest BCUT2D eigenvalue weighted by molar-refractivity contribution is 5.98. The van der Waals surface area contributed by atoms with Gasteiger partial charge in [0.25, 0.3) is 5.91 Å². The lowest BCUT2D eigenvalue weighted by Crippen LogP contribution is -2.22. The zero-order valence-electron chi connectivity index (χ0n) is 13.5. The molecule has 0 saturated heterocycles. The van der Waals surface area contributed by atoms with Crippen LogP contribution < -0.4 is 14.8 Å². The predicted octanol–water partition coefficient (Wildman–Crippen LogP) is 2.78. The van der Waals surface area contributed by atoms with E-state index in [0.29, 0.717) is 6.07 Å². The molecule has 0 unspecified atom stereocenters. The first-order chi connectivity index (χ1) is 12.0. The number of nitrogens with one attached hydrogen (secondary N) is 1. The number of carbonyl (C=O) groups excluding carboxylic acids is 2. The van der Waals surface area contributed by atoms with Gasteiger partial charge in [-0.25, -0.2) is 13.6 Å². The molecule has 0 bridgehead atoms. The fraction of sp³-hybridized carbons (Fsp3) is 0.176. The van der Waals surface area contributed by atoms with E-state index >= 15 is 0 Å². The van der Waals surface area contributed by atoms with E-state index < -0.39 is 30.1 Å². The van der Waals surface area contributed by atoms with Crippen LogP contribution in [-0.2, 0) is 9.53 Å². The Morgan fingerprint density at radius 1 is 1.04 bits per heavy atom. The molecule has 0 heterocycles. The van der Waals surface area contributed by atoms with Crippen molar-refractivity contribution >= 4 is 17.6 Å². The highest BCUT2D eigenvalue weighted by atomic mass is 19.1. The highest BCUT2D eigenvalue weighted by Gasteiger charge is 2.20. The Labute approximate surface area is 142 Å². The summed E-state index contributed by atoms with van der Waals surface area (Å²) in [5, 5.41) is 2.18. The van der Waals surface area contributed by atoms with Crippen molar-refractivity contribution in [1.29, 1.82) is 0 Å². The van der Waals surface area contributed by atoms with Crippen LogP contribution in [-0.4, -0.2) is 32.7 Å². The monoisotopic (exact) mass is 351 g/mol. The number of carbonyl (C=O) groups is 2. The van der Waals surface area contributed by atoms with Crippen molar-refractivity contribution in [3.8, 4) is 11.5 Å². The number of benzene rings is 2. The van der Waals surface area contributed by atoms with Crippen molar-refractivity contribution in [2.75, 3.05) is 26.1 Å².